The highest BCUT2D eigenvalue weighted by atomic mass is 19.1. The van der Waals surface area contributed by atoms with Crippen molar-refractivity contribution in [2.24, 2.45) is 0 Å². The summed E-state index contributed by atoms with van der Waals surface area (Å²) >= 11 is 0. The number of aromatic nitrogens is 1. The van der Waals surface area contributed by atoms with E-state index in [2.05, 4.69) is 31.8 Å². The van der Waals surface area contributed by atoms with Crippen LogP contribution in [0.5, 0.6) is 0 Å². The minimum Gasteiger partial charge on any atom is -0.420 e. The summed E-state index contributed by atoms with van der Waals surface area (Å²) in [6, 6.07) is 15.9. The van der Waals surface area contributed by atoms with Crippen molar-refractivity contribution < 1.29 is 13.6 Å². The number of anilines is 1. The molecule has 174 valence electrons. The Hall–Kier alpha value is -3.92. The van der Waals surface area contributed by atoms with Crippen LogP contribution in [0.25, 0.3) is 12.2 Å². The van der Waals surface area contributed by atoms with Crippen LogP contribution in [0.4, 0.5) is 10.3 Å². The zero-order valence-corrected chi connectivity index (χ0v) is 19.6. The Labute approximate surface area is 198 Å². The van der Waals surface area contributed by atoms with Gasteiger partial charge in [0.05, 0.1) is 0 Å². The number of halogens is 1. The van der Waals surface area contributed by atoms with Crippen molar-refractivity contribution in [3.63, 3.8) is 0 Å². The number of carbonyl (C=O) groups excluding carboxylic acids is 1. The molecule has 0 spiro atoms. The number of hydrogen-bond acceptors (Lipinski definition) is 5. The van der Waals surface area contributed by atoms with Gasteiger partial charge in [-0.1, -0.05) is 45.0 Å². The van der Waals surface area contributed by atoms with E-state index in [1.807, 2.05) is 34.1 Å². The maximum absolute atomic E-state index is 13.1. The molecule has 1 aromatic heterocycles. The lowest BCUT2D eigenvalue weighted by Crippen LogP contribution is -2.48. The van der Waals surface area contributed by atoms with Crippen LogP contribution in [0, 0.1) is 17.1 Å². The summed E-state index contributed by atoms with van der Waals surface area (Å²) in [5.41, 5.74) is 2.90. The van der Waals surface area contributed by atoms with Crippen LogP contribution >= 0.6 is 0 Å². The standard InChI is InChI=1S/C27H27FN4O2/c1-27(2,3)21-9-7-20(8-10-21)25(33)31-14-16-32(17-15-31)26-23(18-29)30-24(34-26)13-6-19-4-11-22(28)12-5-19/h4-13H,14-17H2,1-3H3/b13-6+. The first-order valence-electron chi connectivity index (χ1n) is 11.2. The largest absolute Gasteiger partial charge is 0.420 e. The summed E-state index contributed by atoms with van der Waals surface area (Å²) in [6.45, 7) is 8.55. The van der Waals surface area contributed by atoms with E-state index in [4.69, 9.17) is 4.42 Å². The number of rotatable bonds is 4. The second kappa shape index (κ2) is 9.52. The predicted molar refractivity (Wildman–Crippen MR) is 130 cm³/mol. The molecule has 0 radical (unpaired) electrons. The number of nitrogens with zero attached hydrogens (tertiary/aromatic N) is 4. The molecular formula is C27H27FN4O2. The third-order valence-corrected chi connectivity index (χ3v) is 5.87. The normalized spacial score (nSPS) is 14.4. The van der Waals surface area contributed by atoms with E-state index in [1.165, 1.54) is 17.7 Å². The molecule has 6 nitrogen and oxygen atoms in total. The number of benzene rings is 2. The number of oxazole rings is 1. The second-order valence-corrected chi connectivity index (χ2v) is 9.31. The highest BCUT2D eigenvalue weighted by Crippen LogP contribution is 2.26. The van der Waals surface area contributed by atoms with Crippen molar-refractivity contribution in [2.75, 3.05) is 31.1 Å². The number of nitriles is 1. The lowest BCUT2D eigenvalue weighted by Gasteiger charge is -2.34. The van der Waals surface area contributed by atoms with Gasteiger partial charge < -0.3 is 14.2 Å². The number of amides is 1. The minimum absolute atomic E-state index is 0.00102. The van der Waals surface area contributed by atoms with E-state index in [1.54, 1.807) is 24.3 Å². The van der Waals surface area contributed by atoms with E-state index in [9.17, 15) is 14.4 Å². The average Bonchev–Trinajstić information content (AvgIpc) is 3.26. The molecule has 0 unspecified atom stereocenters. The molecule has 2 heterocycles. The molecule has 0 atom stereocenters. The lowest BCUT2D eigenvalue weighted by molar-refractivity contribution is 0.0745. The number of piperazine rings is 1. The summed E-state index contributed by atoms with van der Waals surface area (Å²) in [5.74, 6) is 0.402. The van der Waals surface area contributed by atoms with Crippen LogP contribution in [0.15, 0.2) is 52.9 Å². The molecule has 7 heteroatoms. The van der Waals surface area contributed by atoms with Crippen LogP contribution in [0.2, 0.25) is 0 Å². The molecule has 0 saturated carbocycles. The molecule has 2 aromatic carbocycles. The SMILES string of the molecule is CC(C)(C)c1ccc(C(=O)N2CCN(c3oc(/C=C/c4ccc(F)cc4)nc3C#N)CC2)cc1. The van der Waals surface area contributed by atoms with Gasteiger partial charge in [-0.15, -0.1) is 0 Å². The van der Waals surface area contributed by atoms with Crippen molar-refractivity contribution in [1.29, 1.82) is 5.26 Å². The Kier molecular flexibility index (Phi) is 6.51. The Morgan fingerprint density at radius 2 is 1.68 bits per heavy atom. The molecule has 1 fully saturated rings. The van der Waals surface area contributed by atoms with Gasteiger partial charge in [0.15, 0.2) is 0 Å². The van der Waals surface area contributed by atoms with Gasteiger partial charge in [0.1, 0.15) is 11.9 Å². The van der Waals surface area contributed by atoms with Crippen molar-refractivity contribution in [1.82, 2.24) is 9.88 Å². The third kappa shape index (κ3) is 5.18. The van der Waals surface area contributed by atoms with E-state index < -0.39 is 0 Å². The summed E-state index contributed by atoms with van der Waals surface area (Å²) in [4.78, 5) is 21.0. The van der Waals surface area contributed by atoms with Crippen LogP contribution < -0.4 is 4.90 Å². The summed E-state index contributed by atoms with van der Waals surface area (Å²) in [5, 5.41) is 9.52. The molecule has 3 aromatic rings. The van der Waals surface area contributed by atoms with Crippen LogP contribution in [-0.2, 0) is 5.41 Å². The first kappa shape index (κ1) is 23.2. The Bertz CT molecular complexity index is 1220. The lowest BCUT2D eigenvalue weighted by atomic mass is 9.86. The molecule has 1 amide bonds. The summed E-state index contributed by atoms with van der Waals surface area (Å²) in [7, 11) is 0. The molecule has 1 aliphatic rings. The topological polar surface area (TPSA) is 73.4 Å². The van der Waals surface area contributed by atoms with E-state index in [-0.39, 0.29) is 22.8 Å². The van der Waals surface area contributed by atoms with Crippen molar-refractivity contribution in [3.05, 3.63) is 82.6 Å². The summed E-state index contributed by atoms with van der Waals surface area (Å²) < 4.78 is 18.9. The molecule has 1 aliphatic heterocycles. The molecule has 0 N–H and O–H groups in total. The molecule has 4 rings (SSSR count). The quantitative estimate of drug-likeness (QED) is 0.543. The molecule has 0 aliphatic carbocycles. The van der Waals surface area contributed by atoms with Crippen molar-refractivity contribution in [3.8, 4) is 6.07 Å². The summed E-state index contributed by atoms with van der Waals surface area (Å²) in [6.07, 6.45) is 3.40. The van der Waals surface area contributed by atoms with Gasteiger partial charge in [-0.3, -0.25) is 4.79 Å². The van der Waals surface area contributed by atoms with Gasteiger partial charge >= 0.3 is 0 Å². The van der Waals surface area contributed by atoms with Gasteiger partial charge in [-0.05, 0) is 46.9 Å². The maximum atomic E-state index is 13.1. The van der Waals surface area contributed by atoms with Crippen LogP contribution in [0.3, 0.4) is 0 Å². The second-order valence-electron chi connectivity index (χ2n) is 9.31. The third-order valence-electron chi connectivity index (χ3n) is 5.87. The fraction of sp³-hybridized carbons (Fsp3) is 0.296. The monoisotopic (exact) mass is 458 g/mol. The van der Waals surface area contributed by atoms with E-state index in [0.29, 0.717) is 43.5 Å². The fourth-order valence-corrected chi connectivity index (χ4v) is 3.84. The fourth-order valence-electron chi connectivity index (χ4n) is 3.84. The van der Waals surface area contributed by atoms with Crippen molar-refractivity contribution >= 4 is 23.9 Å². The maximum Gasteiger partial charge on any atom is 0.253 e. The number of carbonyl (C=O) groups is 1. The minimum atomic E-state index is -0.304. The molecule has 34 heavy (non-hydrogen) atoms. The smallest absolute Gasteiger partial charge is 0.253 e. The van der Waals surface area contributed by atoms with Crippen LogP contribution in [-0.4, -0.2) is 42.0 Å². The van der Waals surface area contributed by atoms with Gasteiger partial charge in [-0.25, -0.2) is 4.39 Å². The van der Waals surface area contributed by atoms with Crippen LogP contribution in [0.1, 0.15) is 53.8 Å². The van der Waals surface area contributed by atoms with E-state index >= 15 is 0 Å². The molecule has 0 bridgehead atoms. The van der Waals surface area contributed by atoms with Gasteiger partial charge in [0, 0.05) is 37.8 Å². The van der Waals surface area contributed by atoms with E-state index in [0.717, 1.165) is 5.56 Å². The average molecular weight is 459 g/mol. The highest BCUT2D eigenvalue weighted by molar-refractivity contribution is 5.94. The predicted octanol–water partition coefficient (Wildman–Crippen LogP) is 5.12. The Balaban J connectivity index is 1.41. The Morgan fingerprint density at radius 1 is 1.03 bits per heavy atom. The first-order chi connectivity index (χ1) is 16.2. The first-order valence-corrected chi connectivity index (χ1v) is 11.2. The van der Waals surface area contributed by atoms with Gasteiger partial charge in [-0.2, -0.15) is 10.2 Å². The van der Waals surface area contributed by atoms with Crippen molar-refractivity contribution in [2.45, 2.75) is 26.2 Å². The number of hydrogen-bond donors (Lipinski definition) is 0. The molecular weight excluding hydrogens is 431 g/mol. The Morgan fingerprint density at radius 3 is 2.26 bits per heavy atom. The van der Waals surface area contributed by atoms with Gasteiger partial charge in [0.2, 0.25) is 17.5 Å². The zero-order chi connectivity index (χ0) is 24.3. The molecule has 1 saturated heterocycles. The van der Waals surface area contributed by atoms with Gasteiger partial charge in [0.25, 0.3) is 5.91 Å². The zero-order valence-electron chi connectivity index (χ0n) is 19.6. The highest BCUT2D eigenvalue weighted by Gasteiger charge is 2.26.